The van der Waals surface area contributed by atoms with Crippen molar-refractivity contribution in [2.75, 3.05) is 13.2 Å². The topological polar surface area (TPSA) is 35.5 Å². The maximum absolute atomic E-state index is 11.1. The largest absolute Gasteiger partial charge is 0.465 e. The molecule has 0 radical (unpaired) electrons. The van der Waals surface area contributed by atoms with Crippen LogP contribution in [0.1, 0.15) is 59.8 Å². The van der Waals surface area contributed by atoms with Crippen LogP contribution in [0.2, 0.25) is 0 Å². The standard InChI is InChI=1S/C17H28O3/c1-13(2)6-5-7-17-9-8-16(12-20-17,14(3)10-17)11-19-15(4)18/h6,14H,5,7-12H2,1-4H3/t14-,16-,17+/m1/s1. The summed E-state index contributed by atoms with van der Waals surface area (Å²) >= 11 is 0. The van der Waals surface area contributed by atoms with Crippen molar-refractivity contribution >= 4 is 5.97 Å². The van der Waals surface area contributed by atoms with Gasteiger partial charge in [-0.3, -0.25) is 4.79 Å². The average molecular weight is 280 g/mol. The number of fused-ring (bicyclic) bond motifs is 3. The fourth-order valence-corrected chi connectivity index (χ4v) is 3.67. The Kier molecular flexibility index (Phi) is 4.58. The van der Waals surface area contributed by atoms with Crippen LogP contribution in [0.4, 0.5) is 0 Å². The molecule has 2 saturated heterocycles. The zero-order valence-electron chi connectivity index (χ0n) is 13.3. The highest BCUT2D eigenvalue weighted by molar-refractivity contribution is 5.65. The number of carbonyl (C=O) groups is 1. The molecule has 0 aromatic heterocycles. The number of rotatable bonds is 5. The zero-order chi connectivity index (χ0) is 14.8. The molecule has 3 aliphatic rings. The van der Waals surface area contributed by atoms with Crippen molar-refractivity contribution in [1.82, 2.24) is 0 Å². The molecule has 0 aromatic carbocycles. The Morgan fingerprint density at radius 3 is 2.60 bits per heavy atom. The summed E-state index contributed by atoms with van der Waals surface area (Å²) < 4.78 is 11.5. The summed E-state index contributed by atoms with van der Waals surface area (Å²) in [5, 5.41) is 0. The maximum Gasteiger partial charge on any atom is 0.302 e. The van der Waals surface area contributed by atoms with Gasteiger partial charge in [-0.25, -0.2) is 0 Å². The Morgan fingerprint density at radius 1 is 1.35 bits per heavy atom. The van der Waals surface area contributed by atoms with E-state index in [-0.39, 0.29) is 17.0 Å². The molecule has 1 saturated carbocycles. The molecular formula is C17H28O3. The van der Waals surface area contributed by atoms with Crippen LogP contribution in [0.15, 0.2) is 11.6 Å². The van der Waals surface area contributed by atoms with Crippen LogP contribution in [-0.2, 0) is 14.3 Å². The van der Waals surface area contributed by atoms with Gasteiger partial charge in [-0.05, 0) is 51.9 Å². The van der Waals surface area contributed by atoms with E-state index in [9.17, 15) is 4.79 Å². The molecule has 3 fully saturated rings. The van der Waals surface area contributed by atoms with Gasteiger partial charge < -0.3 is 9.47 Å². The van der Waals surface area contributed by atoms with Crippen LogP contribution in [0, 0.1) is 11.3 Å². The SMILES string of the molecule is CC(=O)OC[C@@]12CC[C@@](CCC=C(C)C)(C[C@H]1C)OC2. The number of esters is 1. The molecule has 3 rings (SSSR count). The monoisotopic (exact) mass is 280 g/mol. The first-order chi connectivity index (χ1) is 9.38. The lowest BCUT2D eigenvalue weighted by atomic mass is 9.59. The molecule has 2 heterocycles. The summed E-state index contributed by atoms with van der Waals surface area (Å²) in [7, 11) is 0. The summed E-state index contributed by atoms with van der Waals surface area (Å²) in [4.78, 5) is 11.1. The van der Waals surface area contributed by atoms with Crippen LogP contribution in [0.25, 0.3) is 0 Å². The van der Waals surface area contributed by atoms with Gasteiger partial charge in [0.15, 0.2) is 0 Å². The van der Waals surface area contributed by atoms with Crippen molar-refractivity contribution in [2.45, 2.75) is 65.4 Å². The van der Waals surface area contributed by atoms with Gasteiger partial charge in [0.05, 0.1) is 18.8 Å². The van der Waals surface area contributed by atoms with Gasteiger partial charge >= 0.3 is 5.97 Å². The number of carbonyl (C=O) groups excluding carboxylic acids is 1. The number of hydrogen-bond acceptors (Lipinski definition) is 3. The van der Waals surface area contributed by atoms with Gasteiger partial charge in [-0.1, -0.05) is 18.6 Å². The number of ether oxygens (including phenoxy) is 2. The first kappa shape index (κ1) is 15.6. The first-order valence-corrected chi connectivity index (χ1v) is 7.78. The fourth-order valence-electron chi connectivity index (χ4n) is 3.67. The van der Waals surface area contributed by atoms with E-state index in [0.717, 1.165) is 38.7 Å². The summed E-state index contributed by atoms with van der Waals surface area (Å²) in [6.45, 7) is 9.34. The van der Waals surface area contributed by atoms with Gasteiger partial charge in [0.25, 0.3) is 0 Å². The highest BCUT2D eigenvalue weighted by Gasteiger charge is 2.53. The Morgan fingerprint density at radius 2 is 2.10 bits per heavy atom. The average Bonchev–Trinajstić information content (AvgIpc) is 2.37. The molecule has 3 nitrogen and oxygen atoms in total. The molecule has 3 heteroatoms. The van der Waals surface area contributed by atoms with E-state index in [1.54, 1.807) is 0 Å². The second kappa shape index (κ2) is 5.88. The minimum Gasteiger partial charge on any atom is -0.465 e. The van der Waals surface area contributed by atoms with Gasteiger partial charge in [0.2, 0.25) is 0 Å². The molecule has 20 heavy (non-hydrogen) atoms. The van der Waals surface area contributed by atoms with Crippen molar-refractivity contribution in [3.63, 3.8) is 0 Å². The van der Waals surface area contributed by atoms with Crippen molar-refractivity contribution in [2.24, 2.45) is 11.3 Å². The third-order valence-electron chi connectivity index (χ3n) is 5.18. The van der Waals surface area contributed by atoms with Crippen LogP contribution >= 0.6 is 0 Å². The molecule has 3 atom stereocenters. The molecule has 1 aliphatic carbocycles. The predicted octanol–water partition coefficient (Wildman–Crippen LogP) is 3.87. The molecular weight excluding hydrogens is 252 g/mol. The van der Waals surface area contributed by atoms with Gasteiger partial charge in [-0.2, -0.15) is 0 Å². The van der Waals surface area contributed by atoms with Crippen LogP contribution in [0.3, 0.4) is 0 Å². The molecule has 0 spiro atoms. The Labute approximate surface area is 122 Å². The van der Waals surface area contributed by atoms with E-state index in [2.05, 4.69) is 26.8 Å². The highest BCUT2D eigenvalue weighted by atomic mass is 16.5. The van der Waals surface area contributed by atoms with Crippen molar-refractivity contribution in [1.29, 1.82) is 0 Å². The Hall–Kier alpha value is -0.830. The minimum absolute atomic E-state index is 0.0595. The quantitative estimate of drug-likeness (QED) is 0.566. The molecule has 2 aliphatic heterocycles. The van der Waals surface area contributed by atoms with Crippen LogP contribution in [-0.4, -0.2) is 24.8 Å². The fraction of sp³-hybridized carbons (Fsp3) is 0.824. The predicted molar refractivity (Wildman–Crippen MR) is 79.4 cm³/mol. The summed E-state index contributed by atoms with van der Waals surface area (Å²) in [6.07, 6.45) is 7.85. The van der Waals surface area contributed by atoms with Gasteiger partial charge in [0, 0.05) is 12.3 Å². The van der Waals surface area contributed by atoms with Crippen molar-refractivity contribution in [3.05, 3.63) is 11.6 Å². The molecule has 0 amide bonds. The van der Waals surface area contributed by atoms with E-state index in [1.165, 1.54) is 12.5 Å². The lowest BCUT2D eigenvalue weighted by molar-refractivity contribution is -0.224. The molecule has 2 bridgehead atoms. The molecule has 114 valence electrons. The van der Waals surface area contributed by atoms with E-state index in [4.69, 9.17) is 9.47 Å². The summed E-state index contributed by atoms with van der Waals surface area (Å²) in [5.41, 5.74) is 1.51. The molecule has 0 aromatic rings. The molecule has 0 unspecified atom stereocenters. The Balaban J connectivity index is 1.95. The highest BCUT2D eigenvalue weighted by Crippen LogP contribution is 2.54. The van der Waals surface area contributed by atoms with E-state index in [0.29, 0.717) is 12.5 Å². The van der Waals surface area contributed by atoms with Crippen LogP contribution < -0.4 is 0 Å². The Bertz CT molecular complexity index is 385. The van der Waals surface area contributed by atoms with Crippen molar-refractivity contribution < 1.29 is 14.3 Å². The van der Waals surface area contributed by atoms with E-state index < -0.39 is 0 Å². The third-order valence-corrected chi connectivity index (χ3v) is 5.18. The van der Waals surface area contributed by atoms with Gasteiger partial charge in [0.1, 0.15) is 0 Å². The van der Waals surface area contributed by atoms with Crippen molar-refractivity contribution in [3.8, 4) is 0 Å². The van der Waals surface area contributed by atoms with E-state index >= 15 is 0 Å². The summed E-state index contributed by atoms with van der Waals surface area (Å²) in [6, 6.07) is 0. The maximum atomic E-state index is 11.1. The van der Waals surface area contributed by atoms with E-state index in [1.807, 2.05) is 0 Å². The zero-order valence-corrected chi connectivity index (χ0v) is 13.3. The second-order valence-electron chi connectivity index (χ2n) is 7.04. The number of allylic oxidation sites excluding steroid dienone is 2. The first-order valence-electron chi connectivity index (χ1n) is 7.78. The lowest BCUT2D eigenvalue weighted by Crippen LogP contribution is -2.57. The third kappa shape index (κ3) is 3.25. The van der Waals surface area contributed by atoms with Gasteiger partial charge in [-0.15, -0.1) is 0 Å². The normalized spacial score (nSPS) is 35.7. The molecule has 0 N–H and O–H groups in total. The smallest absolute Gasteiger partial charge is 0.302 e. The minimum atomic E-state index is -0.183. The number of hydrogen-bond donors (Lipinski definition) is 0. The lowest BCUT2D eigenvalue weighted by Gasteiger charge is -2.56. The second-order valence-corrected chi connectivity index (χ2v) is 7.04. The van der Waals surface area contributed by atoms with Crippen LogP contribution in [0.5, 0.6) is 0 Å². The summed E-state index contributed by atoms with van der Waals surface area (Å²) in [5.74, 6) is 0.383.